The first-order chi connectivity index (χ1) is 12.2. The van der Waals surface area contributed by atoms with Crippen LogP contribution in [0.1, 0.15) is 5.01 Å². The number of rotatable bonds is 3. The average molecular weight is 415 g/mol. The van der Waals surface area contributed by atoms with E-state index in [1.54, 1.807) is 0 Å². The predicted molar refractivity (Wildman–Crippen MR) is 97.8 cm³/mol. The fraction of sp³-hybridized carbons (Fsp3) is 0.125. The van der Waals surface area contributed by atoms with Gasteiger partial charge in [0, 0.05) is 15.4 Å². The van der Waals surface area contributed by atoms with Crippen molar-refractivity contribution >= 4 is 39.0 Å². The number of terminal acetylenes is 1. The molecule has 9 heteroatoms. The monoisotopic (exact) mass is 414 g/mol. The Hall–Kier alpha value is -2.70. The minimum Gasteiger partial charge on any atom is -0.362 e. The van der Waals surface area contributed by atoms with E-state index in [2.05, 4.69) is 42.5 Å². The quantitative estimate of drug-likeness (QED) is 0.780. The van der Waals surface area contributed by atoms with Crippen molar-refractivity contribution in [3.8, 4) is 23.6 Å². The van der Waals surface area contributed by atoms with Crippen molar-refractivity contribution in [2.75, 3.05) is 13.2 Å². The Bertz CT molecular complexity index is 942. The highest BCUT2D eigenvalue weighted by molar-refractivity contribution is 9.10. The molecule has 0 saturated carbocycles. The minimum atomic E-state index is -0.296. The van der Waals surface area contributed by atoms with E-state index in [0.717, 1.165) is 25.7 Å². The van der Waals surface area contributed by atoms with Gasteiger partial charge in [0.05, 0.1) is 12.4 Å². The first-order valence-electron chi connectivity index (χ1n) is 7.31. The van der Waals surface area contributed by atoms with Crippen LogP contribution in [-0.2, 0) is 0 Å². The van der Waals surface area contributed by atoms with Crippen molar-refractivity contribution in [1.82, 2.24) is 20.2 Å². The number of aromatic nitrogens is 1. The van der Waals surface area contributed by atoms with Crippen LogP contribution in [0.2, 0.25) is 0 Å². The number of amides is 2. The Kier molecular flexibility index (Phi) is 3.99. The van der Waals surface area contributed by atoms with Gasteiger partial charge in [0.2, 0.25) is 0 Å². The van der Waals surface area contributed by atoms with Crippen LogP contribution in [0.3, 0.4) is 0 Å². The predicted octanol–water partition coefficient (Wildman–Crippen LogP) is 3.50. The van der Waals surface area contributed by atoms with E-state index in [4.69, 9.17) is 6.42 Å². The summed E-state index contributed by atoms with van der Waals surface area (Å²) in [4.78, 5) is 18.5. The molecule has 1 N–H and O–H groups in total. The molecular formula is C16H11BrN6OS. The SMILES string of the molecule is C#CCN1N=NC2=C(c3nc(-c4ccc(Br)cc4)cs3)NCN2C1=O. The van der Waals surface area contributed by atoms with E-state index < -0.39 is 0 Å². The molecule has 25 heavy (non-hydrogen) atoms. The van der Waals surface area contributed by atoms with Crippen LogP contribution in [0.25, 0.3) is 17.0 Å². The summed E-state index contributed by atoms with van der Waals surface area (Å²) in [7, 11) is 0. The molecule has 1 aromatic heterocycles. The van der Waals surface area contributed by atoms with Gasteiger partial charge in [-0.3, -0.25) is 4.90 Å². The molecule has 4 rings (SSSR count). The van der Waals surface area contributed by atoms with Crippen molar-refractivity contribution in [2.24, 2.45) is 10.3 Å². The normalized spacial score (nSPS) is 16.1. The molecule has 0 atom stereocenters. The number of nitrogens with one attached hydrogen (secondary N) is 1. The fourth-order valence-corrected chi connectivity index (χ4v) is 3.59. The molecule has 0 radical (unpaired) electrons. The minimum absolute atomic E-state index is 0.0897. The number of carbonyl (C=O) groups excluding carboxylic acids is 1. The van der Waals surface area contributed by atoms with E-state index in [1.807, 2.05) is 29.6 Å². The highest BCUT2D eigenvalue weighted by Gasteiger charge is 2.35. The van der Waals surface area contributed by atoms with Gasteiger partial charge in [0.25, 0.3) is 0 Å². The van der Waals surface area contributed by atoms with Gasteiger partial charge in [-0.15, -0.1) is 22.9 Å². The van der Waals surface area contributed by atoms with E-state index in [0.29, 0.717) is 18.2 Å². The number of thiazole rings is 1. The molecule has 0 spiro atoms. The molecule has 0 fully saturated rings. The molecule has 1 aromatic carbocycles. The summed E-state index contributed by atoms with van der Waals surface area (Å²) in [5.74, 6) is 2.86. The molecule has 2 amide bonds. The number of halogens is 1. The number of fused-ring (bicyclic) bond motifs is 1. The van der Waals surface area contributed by atoms with Crippen molar-refractivity contribution in [3.63, 3.8) is 0 Å². The maximum Gasteiger partial charge on any atom is 0.349 e. The number of carbonyl (C=O) groups is 1. The Labute approximate surface area is 156 Å². The third-order valence-corrected chi connectivity index (χ3v) is 5.08. The van der Waals surface area contributed by atoms with Crippen LogP contribution >= 0.6 is 27.3 Å². The zero-order valence-corrected chi connectivity index (χ0v) is 15.2. The van der Waals surface area contributed by atoms with E-state index >= 15 is 0 Å². The first-order valence-corrected chi connectivity index (χ1v) is 8.99. The fourth-order valence-electron chi connectivity index (χ4n) is 2.48. The lowest BCUT2D eigenvalue weighted by Crippen LogP contribution is -2.42. The van der Waals surface area contributed by atoms with Crippen LogP contribution in [0.5, 0.6) is 0 Å². The number of nitrogens with zero attached hydrogens (tertiary/aromatic N) is 5. The third-order valence-electron chi connectivity index (χ3n) is 3.69. The highest BCUT2D eigenvalue weighted by atomic mass is 79.9. The smallest absolute Gasteiger partial charge is 0.349 e. The van der Waals surface area contributed by atoms with Gasteiger partial charge in [-0.2, -0.15) is 5.01 Å². The van der Waals surface area contributed by atoms with Crippen molar-refractivity contribution < 1.29 is 4.79 Å². The van der Waals surface area contributed by atoms with E-state index in [1.165, 1.54) is 16.2 Å². The summed E-state index contributed by atoms with van der Waals surface area (Å²) in [5.41, 5.74) is 2.59. The van der Waals surface area contributed by atoms with Crippen LogP contribution in [0.4, 0.5) is 4.79 Å². The van der Waals surface area contributed by atoms with Gasteiger partial charge in [0.1, 0.15) is 17.2 Å². The molecule has 0 saturated heterocycles. The second-order valence-electron chi connectivity index (χ2n) is 5.24. The van der Waals surface area contributed by atoms with Gasteiger partial charge >= 0.3 is 6.03 Å². The Morgan fingerprint density at radius 3 is 2.92 bits per heavy atom. The molecule has 0 unspecified atom stereocenters. The summed E-state index contributed by atoms with van der Waals surface area (Å²) >= 11 is 4.91. The molecule has 3 heterocycles. The number of hydrogen-bond donors (Lipinski definition) is 1. The standard InChI is InChI=1S/C16H11BrN6OS/c1-2-7-23-16(24)22-9-18-13(14(22)20-21-23)15-19-12(8-25-15)10-3-5-11(17)6-4-10/h1,3-6,8,18H,7,9H2. The van der Waals surface area contributed by atoms with Crippen LogP contribution in [-0.4, -0.2) is 34.1 Å². The Balaban J connectivity index is 1.67. The van der Waals surface area contributed by atoms with Gasteiger partial charge in [-0.25, -0.2) is 9.78 Å². The van der Waals surface area contributed by atoms with Gasteiger partial charge in [-0.1, -0.05) is 39.2 Å². The summed E-state index contributed by atoms with van der Waals surface area (Å²) < 4.78 is 1.02. The van der Waals surface area contributed by atoms with Gasteiger partial charge in [0.15, 0.2) is 5.82 Å². The zero-order chi connectivity index (χ0) is 17.4. The summed E-state index contributed by atoms with van der Waals surface area (Å²) in [6.07, 6.45) is 5.24. The maximum absolute atomic E-state index is 12.3. The molecule has 2 aliphatic rings. The topological polar surface area (TPSA) is 73.2 Å². The number of urea groups is 1. The van der Waals surface area contributed by atoms with Gasteiger partial charge in [-0.05, 0) is 12.1 Å². The first kappa shape index (κ1) is 15.8. The Morgan fingerprint density at radius 1 is 1.36 bits per heavy atom. The zero-order valence-electron chi connectivity index (χ0n) is 12.8. The number of benzene rings is 1. The van der Waals surface area contributed by atoms with E-state index in [9.17, 15) is 4.79 Å². The largest absolute Gasteiger partial charge is 0.362 e. The number of hydrogen-bond acceptors (Lipinski definition) is 6. The molecular weight excluding hydrogens is 404 g/mol. The van der Waals surface area contributed by atoms with Crippen LogP contribution < -0.4 is 5.32 Å². The molecule has 0 bridgehead atoms. The second kappa shape index (κ2) is 6.31. The third kappa shape index (κ3) is 2.79. The summed E-state index contributed by atoms with van der Waals surface area (Å²) in [6.45, 7) is 0.406. The maximum atomic E-state index is 12.3. The van der Waals surface area contributed by atoms with Crippen LogP contribution in [0, 0.1) is 12.3 Å². The van der Waals surface area contributed by atoms with Crippen molar-refractivity contribution in [3.05, 3.63) is 44.9 Å². The summed E-state index contributed by atoms with van der Waals surface area (Å²) in [5, 5.41) is 15.1. The molecule has 2 aliphatic heterocycles. The van der Waals surface area contributed by atoms with Crippen LogP contribution in [0.15, 0.2) is 50.3 Å². The molecule has 7 nitrogen and oxygen atoms in total. The lowest BCUT2D eigenvalue weighted by Gasteiger charge is -2.24. The van der Waals surface area contributed by atoms with Crippen molar-refractivity contribution in [1.29, 1.82) is 0 Å². The van der Waals surface area contributed by atoms with E-state index in [-0.39, 0.29) is 12.6 Å². The Morgan fingerprint density at radius 2 is 2.16 bits per heavy atom. The lowest BCUT2D eigenvalue weighted by atomic mass is 10.2. The lowest BCUT2D eigenvalue weighted by molar-refractivity contribution is 0.160. The second-order valence-corrected chi connectivity index (χ2v) is 7.01. The summed E-state index contributed by atoms with van der Waals surface area (Å²) in [6, 6.07) is 7.64. The molecule has 124 valence electrons. The molecule has 2 aromatic rings. The average Bonchev–Trinajstić information content (AvgIpc) is 3.25. The van der Waals surface area contributed by atoms with Gasteiger partial charge < -0.3 is 5.32 Å². The van der Waals surface area contributed by atoms with Crippen molar-refractivity contribution in [2.45, 2.75) is 0 Å². The highest BCUT2D eigenvalue weighted by Crippen LogP contribution is 2.32. The molecule has 0 aliphatic carbocycles.